The first kappa shape index (κ1) is 16.5. The summed E-state index contributed by atoms with van der Waals surface area (Å²) in [5.74, 6) is 0.0377. The molecule has 3 rings (SSSR count). The van der Waals surface area contributed by atoms with Gasteiger partial charge in [0.2, 0.25) is 5.91 Å². The summed E-state index contributed by atoms with van der Waals surface area (Å²) in [6.07, 6.45) is 2.97. The Morgan fingerprint density at radius 3 is 2.38 bits per heavy atom. The van der Waals surface area contributed by atoms with Crippen molar-refractivity contribution in [3.8, 4) is 0 Å². The van der Waals surface area contributed by atoms with Crippen molar-refractivity contribution in [1.29, 1.82) is 0 Å². The molecule has 3 N–H and O–H groups in total. The smallest absolute Gasteiger partial charge is 0.224 e. The molecule has 0 atom stereocenters. The molecule has 0 bridgehead atoms. The van der Waals surface area contributed by atoms with Crippen molar-refractivity contribution in [2.45, 2.75) is 32.4 Å². The van der Waals surface area contributed by atoms with Gasteiger partial charge in [-0.25, -0.2) is 0 Å². The van der Waals surface area contributed by atoms with E-state index in [9.17, 15) is 4.79 Å². The Bertz CT molecular complexity index is 676. The summed E-state index contributed by atoms with van der Waals surface area (Å²) in [7, 11) is 0. The second-order valence-electron chi connectivity index (χ2n) is 6.45. The van der Waals surface area contributed by atoms with Crippen LogP contribution in [0.4, 0.5) is 5.69 Å². The molecule has 1 heterocycles. The normalized spacial score (nSPS) is 14.7. The van der Waals surface area contributed by atoms with Crippen molar-refractivity contribution >= 4 is 11.6 Å². The van der Waals surface area contributed by atoms with Gasteiger partial charge >= 0.3 is 0 Å². The lowest BCUT2D eigenvalue weighted by Crippen LogP contribution is -2.26. The minimum absolute atomic E-state index is 0.0377. The third-order valence-corrected chi connectivity index (χ3v) is 4.53. The Hall–Kier alpha value is -2.33. The number of hydrogen-bond donors (Lipinski definition) is 2. The van der Waals surface area contributed by atoms with Gasteiger partial charge in [0.15, 0.2) is 0 Å². The number of benzene rings is 2. The van der Waals surface area contributed by atoms with Gasteiger partial charge in [-0.3, -0.25) is 9.69 Å². The number of carbonyl (C=O) groups is 1. The zero-order valence-electron chi connectivity index (χ0n) is 14.0. The van der Waals surface area contributed by atoms with Crippen molar-refractivity contribution in [2.75, 3.05) is 18.8 Å². The molecule has 0 saturated carbocycles. The van der Waals surface area contributed by atoms with E-state index in [-0.39, 0.29) is 5.91 Å². The predicted molar refractivity (Wildman–Crippen MR) is 97.4 cm³/mol. The SMILES string of the molecule is Nc1ccc(CC(=O)NCc2ccccc2CN2CCCC2)cc1. The first-order valence-electron chi connectivity index (χ1n) is 8.61. The van der Waals surface area contributed by atoms with Gasteiger partial charge in [-0.05, 0) is 54.8 Å². The number of nitrogen functional groups attached to an aromatic ring is 1. The molecule has 0 aliphatic carbocycles. The maximum absolute atomic E-state index is 12.2. The number of carbonyl (C=O) groups excluding carboxylic acids is 1. The highest BCUT2D eigenvalue weighted by Gasteiger charge is 2.13. The Kier molecular flexibility index (Phi) is 5.49. The fourth-order valence-electron chi connectivity index (χ4n) is 3.14. The van der Waals surface area contributed by atoms with Crippen molar-refractivity contribution in [3.63, 3.8) is 0 Å². The number of rotatable bonds is 6. The number of nitrogens with two attached hydrogens (primary N) is 1. The zero-order chi connectivity index (χ0) is 16.8. The number of amides is 1. The molecule has 2 aromatic rings. The number of nitrogens with zero attached hydrogens (tertiary/aromatic N) is 1. The maximum Gasteiger partial charge on any atom is 0.224 e. The van der Waals surface area contributed by atoms with Crippen molar-refractivity contribution in [3.05, 3.63) is 65.2 Å². The molecule has 126 valence electrons. The van der Waals surface area contributed by atoms with E-state index in [0.29, 0.717) is 13.0 Å². The van der Waals surface area contributed by atoms with Gasteiger partial charge in [-0.1, -0.05) is 36.4 Å². The van der Waals surface area contributed by atoms with Crippen molar-refractivity contribution in [1.82, 2.24) is 10.2 Å². The quantitative estimate of drug-likeness (QED) is 0.804. The van der Waals surface area contributed by atoms with Gasteiger partial charge in [0, 0.05) is 18.8 Å². The molecule has 1 saturated heterocycles. The van der Waals surface area contributed by atoms with Crippen LogP contribution in [0.5, 0.6) is 0 Å². The fraction of sp³-hybridized carbons (Fsp3) is 0.350. The van der Waals surface area contributed by atoms with E-state index in [2.05, 4.69) is 28.4 Å². The van der Waals surface area contributed by atoms with Crippen molar-refractivity contribution < 1.29 is 4.79 Å². The Morgan fingerprint density at radius 1 is 1.00 bits per heavy atom. The standard InChI is InChI=1S/C20H25N3O/c21-19-9-7-16(8-10-19)13-20(24)22-14-17-5-1-2-6-18(17)15-23-11-3-4-12-23/h1-2,5-10H,3-4,11-15,21H2,(H,22,24). The molecule has 4 heteroatoms. The van der Waals surface area contributed by atoms with Crippen LogP contribution in [0.3, 0.4) is 0 Å². The van der Waals surface area contributed by atoms with Crippen LogP contribution in [0, 0.1) is 0 Å². The third-order valence-electron chi connectivity index (χ3n) is 4.53. The lowest BCUT2D eigenvalue weighted by atomic mass is 10.1. The molecule has 4 nitrogen and oxygen atoms in total. The van der Waals surface area contributed by atoms with Crippen LogP contribution >= 0.6 is 0 Å². The second kappa shape index (κ2) is 7.97. The van der Waals surface area contributed by atoms with E-state index in [1.54, 1.807) is 0 Å². The van der Waals surface area contributed by atoms with E-state index in [4.69, 9.17) is 5.73 Å². The first-order chi connectivity index (χ1) is 11.7. The Balaban J connectivity index is 1.55. The maximum atomic E-state index is 12.2. The Labute approximate surface area is 143 Å². The molecule has 0 aromatic heterocycles. The van der Waals surface area contributed by atoms with Crippen LogP contribution in [-0.2, 0) is 24.3 Å². The van der Waals surface area contributed by atoms with Gasteiger partial charge in [0.05, 0.1) is 6.42 Å². The van der Waals surface area contributed by atoms with E-state index >= 15 is 0 Å². The van der Waals surface area contributed by atoms with Crippen LogP contribution in [-0.4, -0.2) is 23.9 Å². The number of likely N-dealkylation sites (tertiary alicyclic amines) is 1. The number of hydrogen-bond acceptors (Lipinski definition) is 3. The first-order valence-corrected chi connectivity index (χ1v) is 8.61. The fourth-order valence-corrected chi connectivity index (χ4v) is 3.14. The van der Waals surface area contributed by atoms with Gasteiger partial charge in [-0.2, -0.15) is 0 Å². The topological polar surface area (TPSA) is 58.4 Å². The number of anilines is 1. The average molecular weight is 323 g/mol. The predicted octanol–water partition coefficient (Wildman–Crippen LogP) is 2.72. The summed E-state index contributed by atoms with van der Waals surface area (Å²) in [5, 5.41) is 3.04. The average Bonchev–Trinajstić information content (AvgIpc) is 3.09. The van der Waals surface area contributed by atoms with E-state index in [0.717, 1.165) is 17.8 Å². The van der Waals surface area contributed by atoms with Gasteiger partial charge < -0.3 is 11.1 Å². The highest BCUT2D eigenvalue weighted by atomic mass is 16.1. The van der Waals surface area contributed by atoms with Gasteiger partial charge in [-0.15, -0.1) is 0 Å². The summed E-state index contributed by atoms with van der Waals surface area (Å²) in [6, 6.07) is 15.8. The largest absolute Gasteiger partial charge is 0.399 e. The zero-order valence-corrected chi connectivity index (χ0v) is 14.0. The molecule has 24 heavy (non-hydrogen) atoms. The summed E-state index contributed by atoms with van der Waals surface area (Å²) in [6.45, 7) is 3.91. The summed E-state index contributed by atoms with van der Waals surface area (Å²) >= 11 is 0. The molecular weight excluding hydrogens is 298 g/mol. The minimum atomic E-state index is 0.0377. The molecule has 1 amide bonds. The van der Waals surface area contributed by atoms with Crippen LogP contribution < -0.4 is 11.1 Å². The minimum Gasteiger partial charge on any atom is -0.399 e. The number of nitrogens with one attached hydrogen (secondary N) is 1. The van der Waals surface area contributed by atoms with Gasteiger partial charge in [0.1, 0.15) is 0 Å². The highest BCUT2D eigenvalue weighted by Crippen LogP contribution is 2.16. The lowest BCUT2D eigenvalue weighted by molar-refractivity contribution is -0.120. The van der Waals surface area contributed by atoms with Crippen LogP contribution in [0.1, 0.15) is 29.5 Å². The van der Waals surface area contributed by atoms with Crippen LogP contribution in [0.15, 0.2) is 48.5 Å². The highest BCUT2D eigenvalue weighted by molar-refractivity contribution is 5.78. The second-order valence-corrected chi connectivity index (χ2v) is 6.45. The molecule has 1 aliphatic heterocycles. The van der Waals surface area contributed by atoms with E-state index in [1.807, 2.05) is 30.3 Å². The lowest BCUT2D eigenvalue weighted by Gasteiger charge is -2.17. The summed E-state index contributed by atoms with van der Waals surface area (Å²) in [4.78, 5) is 14.7. The summed E-state index contributed by atoms with van der Waals surface area (Å²) in [5.41, 5.74) is 9.88. The Morgan fingerprint density at radius 2 is 1.67 bits per heavy atom. The van der Waals surface area contributed by atoms with Crippen molar-refractivity contribution in [2.24, 2.45) is 0 Å². The molecule has 0 radical (unpaired) electrons. The van der Waals surface area contributed by atoms with E-state index < -0.39 is 0 Å². The molecular formula is C20H25N3O. The van der Waals surface area contributed by atoms with Crippen LogP contribution in [0.2, 0.25) is 0 Å². The van der Waals surface area contributed by atoms with Crippen LogP contribution in [0.25, 0.3) is 0 Å². The van der Waals surface area contributed by atoms with E-state index in [1.165, 1.54) is 37.1 Å². The third kappa shape index (κ3) is 4.59. The molecule has 0 spiro atoms. The van der Waals surface area contributed by atoms with Gasteiger partial charge in [0.25, 0.3) is 0 Å². The molecule has 1 aliphatic rings. The summed E-state index contributed by atoms with van der Waals surface area (Å²) < 4.78 is 0. The molecule has 1 fully saturated rings. The molecule has 0 unspecified atom stereocenters. The monoisotopic (exact) mass is 323 g/mol. The molecule has 2 aromatic carbocycles.